The molecule has 0 aliphatic carbocycles. The number of halogens is 2. The van der Waals surface area contributed by atoms with Crippen LogP contribution in [-0.4, -0.2) is 51.4 Å². The Bertz CT molecular complexity index is 1740. The molecule has 0 aliphatic rings. The van der Waals surface area contributed by atoms with Crippen molar-refractivity contribution < 1.29 is 27.1 Å². The van der Waals surface area contributed by atoms with E-state index in [1.54, 1.807) is 18.2 Å². The van der Waals surface area contributed by atoms with Crippen molar-refractivity contribution in [3.05, 3.63) is 125 Å². The van der Waals surface area contributed by atoms with E-state index in [0.717, 1.165) is 9.87 Å². The van der Waals surface area contributed by atoms with Gasteiger partial charge in [-0.1, -0.05) is 80.0 Å². The predicted molar refractivity (Wildman–Crippen MR) is 178 cm³/mol. The average molecular weight is 666 g/mol. The minimum atomic E-state index is -4.33. The molecule has 0 heterocycles. The number of hydrogen-bond acceptors (Lipinski definition) is 5. The van der Waals surface area contributed by atoms with Crippen molar-refractivity contribution in [2.45, 2.75) is 37.8 Å². The third kappa shape index (κ3) is 8.86. The Kier molecular flexibility index (Phi) is 11.8. The molecular weight excluding hydrogens is 629 g/mol. The summed E-state index contributed by atoms with van der Waals surface area (Å²) in [5, 5.41) is 3.17. The van der Waals surface area contributed by atoms with Gasteiger partial charge in [0.1, 0.15) is 24.2 Å². The van der Waals surface area contributed by atoms with Gasteiger partial charge in [-0.3, -0.25) is 13.9 Å². The van der Waals surface area contributed by atoms with Gasteiger partial charge in [0.25, 0.3) is 10.0 Å². The molecule has 4 rings (SSSR count). The van der Waals surface area contributed by atoms with Gasteiger partial charge in [-0.2, -0.15) is 0 Å². The maximum atomic E-state index is 15.0. The molecule has 1 atom stereocenters. The van der Waals surface area contributed by atoms with E-state index < -0.39 is 40.2 Å². The van der Waals surface area contributed by atoms with Crippen LogP contribution in [0.15, 0.2) is 108 Å². The highest BCUT2D eigenvalue weighted by Gasteiger charge is 2.35. The van der Waals surface area contributed by atoms with Crippen LogP contribution in [0.4, 0.5) is 10.1 Å². The number of rotatable bonds is 14. The van der Waals surface area contributed by atoms with Crippen molar-refractivity contribution in [2.75, 3.05) is 24.5 Å². The molecule has 0 fully saturated rings. The summed E-state index contributed by atoms with van der Waals surface area (Å²) < 4.78 is 49.4. The number of methoxy groups -OCH3 is 1. The number of sulfonamides is 1. The molecule has 242 valence electrons. The second-order valence-corrected chi connectivity index (χ2v) is 13.4. The van der Waals surface area contributed by atoms with Crippen LogP contribution in [0.5, 0.6) is 5.75 Å². The smallest absolute Gasteiger partial charge is 0.264 e. The van der Waals surface area contributed by atoms with E-state index >= 15 is 4.39 Å². The summed E-state index contributed by atoms with van der Waals surface area (Å²) in [5.41, 5.74) is 1.10. The maximum absolute atomic E-state index is 15.0. The van der Waals surface area contributed by atoms with E-state index in [4.69, 9.17) is 16.3 Å². The Labute approximate surface area is 274 Å². The molecule has 0 aliphatic heterocycles. The number of nitrogens with zero attached hydrogens (tertiary/aromatic N) is 2. The second kappa shape index (κ2) is 15.7. The van der Waals surface area contributed by atoms with E-state index in [0.29, 0.717) is 12.3 Å². The average Bonchev–Trinajstić information content (AvgIpc) is 3.05. The van der Waals surface area contributed by atoms with Gasteiger partial charge in [-0.05, 0) is 60.0 Å². The topological polar surface area (TPSA) is 96.0 Å². The summed E-state index contributed by atoms with van der Waals surface area (Å²) in [7, 11) is -2.87. The number of anilines is 1. The molecule has 46 heavy (non-hydrogen) atoms. The van der Waals surface area contributed by atoms with Crippen LogP contribution in [0.3, 0.4) is 0 Å². The minimum absolute atomic E-state index is 0.0859. The van der Waals surface area contributed by atoms with Gasteiger partial charge in [0.15, 0.2) is 0 Å². The Morgan fingerprint density at radius 1 is 0.913 bits per heavy atom. The molecule has 0 bridgehead atoms. The lowest BCUT2D eigenvalue weighted by molar-refractivity contribution is -0.140. The van der Waals surface area contributed by atoms with E-state index in [2.05, 4.69) is 5.32 Å². The monoisotopic (exact) mass is 665 g/mol. The van der Waals surface area contributed by atoms with E-state index in [9.17, 15) is 18.0 Å². The highest BCUT2D eigenvalue weighted by molar-refractivity contribution is 7.92. The first-order valence-electron chi connectivity index (χ1n) is 14.8. The zero-order valence-electron chi connectivity index (χ0n) is 25.9. The van der Waals surface area contributed by atoms with Gasteiger partial charge in [0.2, 0.25) is 11.8 Å². The summed E-state index contributed by atoms with van der Waals surface area (Å²) >= 11 is 6.26. The largest absolute Gasteiger partial charge is 0.497 e. The Balaban J connectivity index is 1.81. The number of ether oxygens (including phenoxy) is 1. The lowest BCUT2D eigenvalue weighted by atomic mass is 10.0. The van der Waals surface area contributed by atoms with Crippen LogP contribution in [0, 0.1) is 11.7 Å². The molecule has 0 saturated carbocycles. The van der Waals surface area contributed by atoms with Crippen LogP contribution < -0.4 is 14.4 Å². The highest BCUT2D eigenvalue weighted by atomic mass is 35.5. The van der Waals surface area contributed by atoms with Gasteiger partial charge >= 0.3 is 0 Å². The van der Waals surface area contributed by atoms with Crippen molar-refractivity contribution in [1.29, 1.82) is 0 Å². The van der Waals surface area contributed by atoms with Gasteiger partial charge in [0, 0.05) is 30.1 Å². The zero-order valence-corrected chi connectivity index (χ0v) is 27.5. The van der Waals surface area contributed by atoms with Crippen LogP contribution >= 0.6 is 11.6 Å². The molecule has 11 heteroatoms. The van der Waals surface area contributed by atoms with Crippen LogP contribution in [0.2, 0.25) is 5.02 Å². The summed E-state index contributed by atoms with van der Waals surface area (Å²) in [6, 6.07) is 25.9. The third-order valence-electron chi connectivity index (χ3n) is 7.28. The van der Waals surface area contributed by atoms with Crippen LogP contribution in [0.1, 0.15) is 25.0 Å². The predicted octanol–water partition coefficient (Wildman–Crippen LogP) is 6.10. The lowest BCUT2D eigenvalue weighted by Gasteiger charge is -2.34. The molecule has 0 radical (unpaired) electrons. The standard InChI is InChI=1S/C35H37ClFN3O5S/c1-25(2)22-38-35(42)33(20-26-10-5-4-6-11-26)39(23-27-12-7-8-15-32(27)37)34(41)24-40(29-14-9-13-28(36)21-29)46(43,44)31-18-16-30(45-3)17-19-31/h4-19,21,25,33H,20,22-24H2,1-3H3,(H,38,42)/t33-/m1/s1. The van der Waals surface area contributed by atoms with Crippen molar-refractivity contribution in [1.82, 2.24) is 10.2 Å². The molecule has 8 nitrogen and oxygen atoms in total. The quantitative estimate of drug-likeness (QED) is 0.176. The summed E-state index contributed by atoms with van der Waals surface area (Å²) in [6.07, 6.45) is 0.118. The van der Waals surface area contributed by atoms with Crippen molar-refractivity contribution in [2.24, 2.45) is 5.92 Å². The van der Waals surface area contributed by atoms with Gasteiger partial charge in [0.05, 0.1) is 17.7 Å². The molecule has 0 spiro atoms. The van der Waals surface area contributed by atoms with E-state index in [-0.39, 0.29) is 40.1 Å². The maximum Gasteiger partial charge on any atom is 0.264 e. The first-order chi connectivity index (χ1) is 22.0. The van der Waals surface area contributed by atoms with E-state index in [1.807, 2.05) is 44.2 Å². The number of hydrogen-bond donors (Lipinski definition) is 1. The minimum Gasteiger partial charge on any atom is -0.497 e. The normalized spacial score (nSPS) is 12.0. The molecular formula is C35H37ClFN3O5S. The van der Waals surface area contributed by atoms with Crippen molar-refractivity contribution >= 4 is 39.1 Å². The molecule has 1 N–H and O–H groups in total. The number of benzene rings is 4. The van der Waals surface area contributed by atoms with Crippen molar-refractivity contribution in [3.8, 4) is 5.75 Å². The fourth-order valence-corrected chi connectivity index (χ4v) is 6.41. The number of carbonyl (C=O) groups is 2. The van der Waals surface area contributed by atoms with E-state index in [1.165, 1.54) is 66.6 Å². The first-order valence-corrected chi connectivity index (χ1v) is 16.6. The zero-order chi connectivity index (χ0) is 33.3. The molecule has 0 saturated heterocycles. The fraction of sp³-hybridized carbons (Fsp3) is 0.257. The van der Waals surface area contributed by atoms with Crippen LogP contribution in [-0.2, 0) is 32.6 Å². The van der Waals surface area contributed by atoms with Crippen LogP contribution in [0.25, 0.3) is 0 Å². The third-order valence-corrected chi connectivity index (χ3v) is 9.30. The number of amides is 2. The summed E-state index contributed by atoms with van der Waals surface area (Å²) in [6.45, 7) is 3.28. The van der Waals surface area contributed by atoms with Crippen molar-refractivity contribution in [3.63, 3.8) is 0 Å². The molecule has 4 aromatic carbocycles. The molecule has 0 unspecified atom stereocenters. The number of carbonyl (C=O) groups excluding carboxylic acids is 2. The molecule has 0 aromatic heterocycles. The van der Waals surface area contributed by atoms with Gasteiger partial charge < -0.3 is 15.0 Å². The highest BCUT2D eigenvalue weighted by Crippen LogP contribution is 2.28. The van der Waals surface area contributed by atoms with Gasteiger partial charge in [-0.25, -0.2) is 12.8 Å². The molecule has 4 aromatic rings. The SMILES string of the molecule is COc1ccc(S(=O)(=O)N(CC(=O)N(Cc2ccccc2F)[C@H](Cc2ccccc2)C(=O)NCC(C)C)c2cccc(Cl)c2)cc1. The first kappa shape index (κ1) is 34.5. The Hall–Kier alpha value is -4.41. The summed E-state index contributed by atoms with van der Waals surface area (Å²) in [5.74, 6) is -1.11. The summed E-state index contributed by atoms with van der Waals surface area (Å²) in [4.78, 5) is 29.4. The lowest BCUT2D eigenvalue weighted by Crippen LogP contribution is -2.53. The Morgan fingerprint density at radius 2 is 1.59 bits per heavy atom. The fourth-order valence-electron chi connectivity index (χ4n) is 4.82. The Morgan fingerprint density at radius 3 is 2.22 bits per heavy atom. The molecule has 2 amide bonds. The number of nitrogens with one attached hydrogen (secondary N) is 1. The van der Waals surface area contributed by atoms with Gasteiger partial charge in [-0.15, -0.1) is 0 Å². The second-order valence-electron chi connectivity index (χ2n) is 11.1.